The van der Waals surface area contributed by atoms with Crippen molar-refractivity contribution >= 4 is 11.9 Å². The Kier molecular flexibility index (Phi) is 24.7. The van der Waals surface area contributed by atoms with Crippen LogP contribution in [-0.2, 0) is 33.3 Å². The Balaban J connectivity index is 1.85. The molecule has 2 saturated heterocycles. The number of nitrogens with two attached hydrogens (primary N) is 1. The van der Waals surface area contributed by atoms with Gasteiger partial charge in [-0.1, -0.05) is 98.9 Å². The van der Waals surface area contributed by atoms with Crippen molar-refractivity contribution < 1.29 is 79.2 Å². The number of fused-ring (bicyclic) bond motifs is 2. The fourth-order valence-corrected chi connectivity index (χ4v) is 8.01. The number of aliphatic hydroxyl groups is 9. The van der Waals surface area contributed by atoms with E-state index in [1.807, 2.05) is 61.6 Å². The van der Waals surface area contributed by atoms with Gasteiger partial charge in [-0.25, -0.2) is 0 Å². The topological polar surface area (TPSA) is 288 Å². The molecule has 19 atom stereocenters. The van der Waals surface area contributed by atoms with E-state index in [0.29, 0.717) is 0 Å². The van der Waals surface area contributed by atoms with E-state index in [2.05, 4.69) is 0 Å². The lowest BCUT2D eigenvalue weighted by Gasteiger charge is -2.42. The van der Waals surface area contributed by atoms with Gasteiger partial charge in [-0.2, -0.15) is 0 Å². The number of methoxy groups -OCH3 is 1. The van der Waals surface area contributed by atoms with Crippen molar-refractivity contribution in [2.75, 3.05) is 7.11 Å². The van der Waals surface area contributed by atoms with Crippen molar-refractivity contribution in [1.82, 2.24) is 0 Å². The quantitative estimate of drug-likeness (QED) is 0.179. The average Bonchev–Trinajstić information content (AvgIpc) is 3.24. The lowest BCUT2D eigenvalue weighted by Crippen LogP contribution is -2.61. The molecule has 11 N–H and O–H groups in total. The van der Waals surface area contributed by atoms with E-state index in [1.54, 1.807) is 51.2 Å². The van der Waals surface area contributed by atoms with E-state index in [4.69, 9.17) is 29.4 Å². The number of cyclic esters (lactones) is 1. The Morgan fingerprint density at radius 2 is 1.20 bits per heavy atom. The van der Waals surface area contributed by atoms with Gasteiger partial charge in [0.25, 0.3) is 0 Å². The minimum absolute atomic E-state index is 0.0406. The van der Waals surface area contributed by atoms with Crippen molar-refractivity contribution in [3.63, 3.8) is 0 Å². The highest BCUT2D eigenvalue weighted by molar-refractivity contribution is 5.74. The predicted molar refractivity (Wildman–Crippen MR) is 240 cm³/mol. The molecule has 0 aromatic rings. The molecule has 2 bridgehead atoms. The maximum atomic E-state index is 13.0. The van der Waals surface area contributed by atoms with Gasteiger partial charge < -0.3 is 75.4 Å². The number of ether oxygens (including phenoxy) is 5. The van der Waals surface area contributed by atoms with Crippen LogP contribution in [0.15, 0.2) is 85.1 Å². The molecular formula is C48H75NO16. The van der Waals surface area contributed by atoms with Crippen LogP contribution in [0.3, 0.4) is 0 Å². The molecule has 3 aliphatic heterocycles. The Morgan fingerprint density at radius 1 is 0.615 bits per heavy atom. The molecule has 2 fully saturated rings. The van der Waals surface area contributed by atoms with Crippen molar-refractivity contribution in [3.8, 4) is 0 Å². The van der Waals surface area contributed by atoms with Crippen LogP contribution in [-0.4, -0.2) is 163 Å². The molecule has 17 heteroatoms. The number of rotatable bonds is 3. The largest absolute Gasteiger partial charge is 0.469 e. The van der Waals surface area contributed by atoms with E-state index in [-0.39, 0.29) is 50.9 Å². The van der Waals surface area contributed by atoms with Gasteiger partial charge in [-0.05, 0) is 39.5 Å². The summed E-state index contributed by atoms with van der Waals surface area (Å²) in [7, 11) is 1.18. The number of hydrogen-bond acceptors (Lipinski definition) is 17. The first kappa shape index (κ1) is 55.9. The minimum Gasteiger partial charge on any atom is -0.469 e. The molecule has 3 heterocycles. The molecule has 0 unspecified atom stereocenters. The van der Waals surface area contributed by atoms with Crippen LogP contribution < -0.4 is 5.73 Å². The van der Waals surface area contributed by atoms with Crippen LogP contribution in [0.5, 0.6) is 0 Å². The molecule has 0 aliphatic carbocycles. The number of hydrogen-bond donors (Lipinski definition) is 10. The number of allylic oxidation sites excluding steroid dienone is 12. The van der Waals surface area contributed by atoms with Gasteiger partial charge in [0.2, 0.25) is 0 Å². The van der Waals surface area contributed by atoms with E-state index >= 15 is 0 Å². The highest BCUT2D eigenvalue weighted by Gasteiger charge is 2.46. The van der Waals surface area contributed by atoms with Crippen LogP contribution in [0.4, 0.5) is 0 Å². The first-order valence-electron chi connectivity index (χ1n) is 22.6. The zero-order valence-electron chi connectivity index (χ0n) is 38.2. The van der Waals surface area contributed by atoms with Crippen LogP contribution in [0.2, 0.25) is 0 Å². The third-order valence-electron chi connectivity index (χ3n) is 12.2. The highest BCUT2D eigenvalue weighted by atomic mass is 16.7. The second-order valence-electron chi connectivity index (χ2n) is 17.5. The summed E-state index contributed by atoms with van der Waals surface area (Å²) in [5.41, 5.74) is 6.07. The molecule has 368 valence electrons. The number of carbonyl (C=O) groups excluding carboxylic acids is 2. The maximum Gasteiger partial charge on any atom is 0.313 e. The summed E-state index contributed by atoms with van der Waals surface area (Å²) in [5, 5.41) is 96.9. The average molecular weight is 922 g/mol. The van der Waals surface area contributed by atoms with Crippen molar-refractivity contribution in [2.45, 2.75) is 177 Å². The standard InChI is InChI=1S/C48H75NO16/c1-28-18-16-14-12-10-8-6-7-9-11-13-15-17-19-35(65-48-46(59)43(49)45(58)31(4)63-48)27-40-42(47(60)61-5)39(55)26-36(64-40)23-34(52)24-38(54)37(53)21-20-32(50)22-33(51)25-41(56)62-30(3)29(2)44(28)57/h6-19,28-40,42-46,48,50-55,57-59H,20-27,49H2,1-5H3/b7-6+,10-8+,11-9+,14-12+,15-13+,18-16-,19-17+/t28-,29-,30-,31+,32+,33+,34+,35-,36+,37+,38+,39-,40-,42+,43-,44+,45+,46-,48-/m0/s1. The fourth-order valence-electron chi connectivity index (χ4n) is 8.01. The van der Waals surface area contributed by atoms with Crippen LogP contribution >= 0.6 is 0 Å². The monoisotopic (exact) mass is 922 g/mol. The summed E-state index contributed by atoms with van der Waals surface area (Å²) in [4.78, 5) is 25.7. The first-order valence-corrected chi connectivity index (χ1v) is 22.6. The molecule has 65 heavy (non-hydrogen) atoms. The van der Waals surface area contributed by atoms with Crippen molar-refractivity contribution in [2.24, 2.45) is 23.5 Å². The Morgan fingerprint density at radius 3 is 1.80 bits per heavy atom. The molecule has 0 saturated carbocycles. The Labute approximate surface area is 382 Å². The summed E-state index contributed by atoms with van der Waals surface area (Å²) in [6, 6.07) is -1.08. The maximum absolute atomic E-state index is 13.0. The lowest BCUT2D eigenvalue weighted by molar-refractivity contribution is -0.279. The Hall–Kier alpha value is -3.40. The molecule has 0 aromatic heterocycles. The normalized spacial score (nSPS) is 44.3. The lowest BCUT2D eigenvalue weighted by atomic mass is 9.84. The van der Waals surface area contributed by atoms with E-state index < -0.39 is 128 Å². The summed E-state index contributed by atoms with van der Waals surface area (Å²) < 4.78 is 28.8. The summed E-state index contributed by atoms with van der Waals surface area (Å²) >= 11 is 0. The summed E-state index contributed by atoms with van der Waals surface area (Å²) in [6.07, 6.45) is 7.09. The Bertz CT molecular complexity index is 1630. The molecule has 17 nitrogen and oxygen atoms in total. The number of esters is 2. The van der Waals surface area contributed by atoms with Gasteiger partial charge >= 0.3 is 11.9 Å². The predicted octanol–water partition coefficient (Wildman–Crippen LogP) is 1.48. The molecule has 0 aromatic carbocycles. The number of carbonyl (C=O) groups is 2. The molecule has 3 aliphatic rings. The molecule has 0 amide bonds. The third kappa shape index (κ3) is 19.0. The van der Waals surface area contributed by atoms with Crippen LogP contribution in [0.25, 0.3) is 0 Å². The first-order chi connectivity index (χ1) is 30.8. The molecular weight excluding hydrogens is 847 g/mol. The smallest absolute Gasteiger partial charge is 0.313 e. The highest BCUT2D eigenvalue weighted by Crippen LogP contribution is 2.34. The van der Waals surface area contributed by atoms with Crippen LogP contribution in [0.1, 0.15) is 79.1 Å². The summed E-state index contributed by atoms with van der Waals surface area (Å²) in [6.45, 7) is 6.85. The summed E-state index contributed by atoms with van der Waals surface area (Å²) in [5.74, 6) is -3.31. The van der Waals surface area contributed by atoms with Gasteiger partial charge in [-0.3, -0.25) is 9.59 Å². The van der Waals surface area contributed by atoms with Gasteiger partial charge in [-0.15, -0.1) is 0 Å². The minimum atomic E-state index is -1.43. The van der Waals surface area contributed by atoms with Gasteiger partial charge in [0.15, 0.2) is 6.29 Å². The number of aliphatic hydroxyl groups excluding tert-OH is 9. The zero-order valence-corrected chi connectivity index (χ0v) is 38.2. The fraction of sp³-hybridized carbons (Fsp3) is 0.667. The van der Waals surface area contributed by atoms with E-state index in [9.17, 15) is 55.5 Å². The van der Waals surface area contributed by atoms with E-state index in [1.165, 1.54) is 7.11 Å². The third-order valence-corrected chi connectivity index (χ3v) is 12.2. The van der Waals surface area contributed by atoms with E-state index in [0.717, 1.165) is 0 Å². The van der Waals surface area contributed by atoms with Gasteiger partial charge in [0.1, 0.15) is 18.1 Å². The zero-order chi connectivity index (χ0) is 48.2. The second-order valence-corrected chi connectivity index (χ2v) is 17.5. The molecule has 3 rings (SSSR count). The van der Waals surface area contributed by atoms with Crippen molar-refractivity contribution in [3.05, 3.63) is 85.1 Å². The van der Waals surface area contributed by atoms with Gasteiger partial charge in [0.05, 0.1) is 92.8 Å². The van der Waals surface area contributed by atoms with Crippen molar-refractivity contribution in [1.29, 1.82) is 0 Å². The molecule has 0 radical (unpaired) electrons. The van der Waals surface area contributed by atoms with Gasteiger partial charge in [0, 0.05) is 31.1 Å². The molecule has 0 spiro atoms. The van der Waals surface area contributed by atoms with Crippen LogP contribution in [0, 0.1) is 17.8 Å². The second kappa shape index (κ2) is 28.7. The SMILES string of the molecule is COC(=O)[C@H]1[C@@H]2C[C@@H](O[C@@H]3O[C@H](C)[C@@H](O)[C@H](N)[C@@H]3O)/C=C/C=C/C=C/C=C/C=C/C=C/C=C\[C@H](C)[C@@H](O)[C@@H](C)[C@H](C)OC(=O)C[C@H](O)C[C@H](O)CC[C@@H](O)[C@H](O)C[C@H](O)C[C@H](C[C@@H]1O)O2.